The maximum absolute atomic E-state index is 13.7. The van der Waals surface area contributed by atoms with E-state index in [1.807, 2.05) is 18.2 Å². The summed E-state index contributed by atoms with van der Waals surface area (Å²) in [5.41, 5.74) is 2.62. The summed E-state index contributed by atoms with van der Waals surface area (Å²) in [5, 5.41) is 15.0. The van der Waals surface area contributed by atoms with Gasteiger partial charge in [0.25, 0.3) is 5.69 Å². The molecule has 2 aliphatic heterocycles. The minimum atomic E-state index is -0.871. The van der Waals surface area contributed by atoms with E-state index in [-0.39, 0.29) is 24.5 Å². The molecule has 226 valence electrons. The maximum atomic E-state index is 13.7. The van der Waals surface area contributed by atoms with E-state index in [2.05, 4.69) is 15.2 Å². The summed E-state index contributed by atoms with van der Waals surface area (Å²) in [6.07, 6.45) is 8.16. The van der Waals surface area contributed by atoms with Gasteiger partial charge in [0.05, 0.1) is 42.3 Å². The minimum Gasteiger partial charge on any atom is -0.462 e. The summed E-state index contributed by atoms with van der Waals surface area (Å²) in [4.78, 5) is 36.6. The fourth-order valence-electron chi connectivity index (χ4n) is 5.32. The van der Waals surface area contributed by atoms with Crippen molar-refractivity contribution in [3.63, 3.8) is 0 Å². The van der Waals surface area contributed by atoms with Crippen LogP contribution in [-0.4, -0.2) is 66.1 Å². The molecule has 5 rings (SSSR count). The van der Waals surface area contributed by atoms with Crippen LogP contribution in [0.25, 0.3) is 0 Å². The van der Waals surface area contributed by atoms with E-state index in [1.54, 1.807) is 37.4 Å². The van der Waals surface area contributed by atoms with Crippen molar-refractivity contribution in [3.8, 4) is 0 Å². The molecule has 0 amide bonds. The molecule has 0 aliphatic carbocycles. The van der Waals surface area contributed by atoms with Crippen LogP contribution in [0.3, 0.4) is 0 Å². The Hall–Kier alpha value is -4.35. The molecular formula is C32H37N5O6. The Kier molecular flexibility index (Phi) is 10.3. The highest BCUT2D eigenvalue weighted by atomic mass is 16.6. The van der Waals surface area contributed by atoms with Crippen LogP contribution in [-0.2, 0) is 20.7 Å². The molecule has 1 N–H and O–H groups in total. The molecule has 1 saturated heterocycles. The number of piperidine rings is 1. The van der Waals surface area contributed by atoms with Crippen molar-refractivity contribution in [2.45, 2.75) is 45.1 Å². The molecule has 43 heavy (non-hydrogen) atoms. The third kappa shape index (κ3) is 7.94. The van der Waals surface area contributed by atoms with Crippen molar-refractivity contribution in [2.75, 3.05) is 39.5 Å². The Labute approximate surface area is 250 Å². The van der Waals surface area contributed by atoms with Crippen LogP contribution in [0.15, 0.2) is 81.7 Å². The van der Waals surface area contributed by atoms with Crippen LogP contribution in [0.4, 0.5) is 5.69 Å². The Bertz CT molecular complexity index is 1450. The highest BCUT2D eigenvalue weighted by Gasteiger charge is 2.34. The smallest absolute Gasteiger partial charge is 0.338 e. The molecular weight excluding hydrogens is 550 g/mol. The fraction of sp³-hybridized carbons (Fsp3) is 0.406. The zero-order chi connectivity index (χ0) is 30.0. The lowest BCUT2D eigenvalue weighted by Crippen LogP contribution is -2.36. The van der Waals surface area contributed by atoms with Crippen molar-refractivity contribution in [1.29, 1.82) is 0 Å². The summed E-state index contributed by atoms with van der Waals surface area (Å²) in [6.45, 7) is 5.37. The third-order valence-electron chi connectivity index (χ3n) is 7.63. The number of carbonyl (C=O) groups is 1. The Morgan fingerprint density at radius 3 is 2.74 bits per heavy atom. The maximum Gasteiger partial charge on any atom is 0.338 e. The van der Waals surface area contributed by atoms with Gasteiger partial charge in [0, 0.05) is 30.1 Å². The zero-order valence-electron chi connectivity index (χ0n) is 24.4. The predicted molar refractivity (Wildman–Crippen MR) is 161 cm³/mol. The zero-order valence-corrected chi connectivity index (χ0v) is 24.4. The molecule has 1 atom stereocenters. The number of hydrogen-bond acceptors (Lipinski definition) is 10. The number of likely N-dealkylation sites (tertiary alicyclic amines) is 1. The van der Waals surface area contributed by atoms with E-state index in [0.29, 0.717) is 47.9 Å². The summed E-state index contributed by atoms with van der Waals surface area (Å²) in [5.74, 6) is 0.318. The number of aromatic nitrogens is 1. The SMILES string of the molecule is Cc1ccc(C2N=C(c3ccco3)NC(COCCN3CCCCC3)=C2C(=O)OCCCc2ccccn2)cc1[N+](=O)[O-]. The number of hydrogen-bond donors (Lipinski definition) is 1. The van der Waals surface area contributed by atoms with Crippen molar-refractivity contribution in [1.82, 2.24) is 15.2 Å². The summed E-state index contributed by atoms with van der Waals surface area (Å²) >= 11 is 0. The predicted octanol–water partition coefficient (Wildman–Crippen LogP) is 4.91. The number of nitrogens with one attached hydrogen (secondary N) is 1. The van der Waals surface area contributed by atoms with E-state index in [1.165, 1.54) is 31.6 Å². The number of aryl methyl sites for hydroxylation is 2. The van der Waals surface area contributed by atoms with Gasteiger partial charge in [-0.2, -0.15) is 0 Å². The van der Waals surface area contributed by atoms with Gasteiger partial charge in [0.1, 0.15) is 6.04 Å². The van der Waals surface area contributed by atoms with Crippen molar-refractivity contribution < 1.29 is 23.6 Å². The molecule has 0 radical (unpaired) electrons. The van der Waals surface area contributed by atoms with Crippen LogP contribution in [0.2, 0.25) is 0 Å². The second-order valence-corrected chi connectivity index (χ2v) is 10.7. The lowest BCUT2D eigenvalue weighted by molar-refractivity contribution is -0.385. The van der Waals surface area contributed by atoms with Crippen molar-refractivity contribution in [2.24, 2.45) is 4.99 Å². The number of nitro groups is 1. The molecule has 1 unspecified atom stereocenters. The Balaban J connectivity index is 1.41. The summed E-state index contributed by atoms with van der Waals surface area (Å²) in [7, 11) is 0. The Morgan fingerprint density at radius 1 is 1.14 bits per heavy atom. The van der Waals surface area contributed by atoms with Crippen LogP contribution < -0.4 is 5.32 Å². The van der Waals surface area contributed by atoms with Gasteiger partial charge in [-0.25, -0.2) is 4.79 Å². The molecule has 0 saturated carbocycles. The molecule has 0 spiro atoms. The van der Waals surface area contributed by atoms with Gasteiger partial charge in [-0.1, -0.05) is 24.6 Å². The normalized spacial score (nSPS) is 17.3. The van der Waals surface area contributed by atoms with Gasteiger partial charge in [-0.15, -0.1) is 0 Å². The largest absolute Gasteiger partial charge is 0.462 e. The van der Waals surface area contributed by atoms with E-state index in [4.69, 9.17) is 18.9 Å². The molecule has 1 fully saturated rings. The number of aliphatic imine (C=N–C) groups is 1. The lowest BCUT2D eigenvalue weighted by atomic mass is 9.94. The van der Waals surface area contributed by atoms with Crippen LogP contribution in [0, 0.1) is 17.0 Å². The average Bonchev–Trinajstić information content (AvgIpc) is 3.57. The summed E-state index contributed by atoms with van der Waals surface area (Å²) in [6, 6.07) is 13.2. The molecule has 11 nitrogen and oxygen atoms in total. The summed E-state index contributed by atoms with van der Waals surface area (Å²) < 4.78 is 17.5. The van der Waals surface area contributed by atoms with Crippen molar-refractivity contribution >= 4 is 17.5 Å². The highest BCUT2D eigenvalue weighted by Crippen LogP contribution is 2.35. The van der Waals surface area contributed by atoms with E-state index < -0.39 is 16.9 Å². The van der Waals surface area contributed by atoms with Gasteiger partial charge >= 0.3 is 5.97 Å². The molecule has 2 aliphatic rings. The topological polar surface area (TPSA) is 132 Å². The average molecular weight is 588 g/mol. The fourth-order valence-corrected chi connectivity index (χ4v) is 5.32. The third-order valence-corrected chi connectivity index (χ3v) is 7.63. The number of pyridine rings is 1. The first-order chi connectivity index (χ1) is 21.0. The van der Waals surface area contributed by atoms with Crippen LogP contribution >= 0.6 is 0 Å². The standard InChI is InChI=1S/C32H37N5O6/c1-23-12-13-24(21-27(23)37(39)40)30-29(32(38)43-19-7-10-25-9-3-4-14-33-25)26(34-31(35-30)28-11-8-18-42-28)22-41-20-17-36-15-5-2-6-16-36/h3-4,8-9,11-14,18,21,30H,2,5-7,10,15-17,19-20,22H2,1H3,(H,34,35). The van der Waals surface area contributed by atoms with E-state index >= 15 is 0 Å². The number of carbonyl (C=O) groups excluding carboxylic acids is 1. The Morgan fingerprint density at radius 2 is 2.00 bits per heavy atom. The first-order valence-corrected chi connectivity index (χ1v) is 14.7. The number of nitrogens with zero attached hydrogens (tertiary/aromatic N) is 4. The van der Waals surface area contributed by atoms with Crippen LogP contribution in [0.5, 0.6) is 0 Å². The second-order valence-electron chi connectivity index (χ2n) is 10.7. The molecule has 2 aromatic heterocycles. The number of benzene rings is 1. The molecule has 4 heterocycles. The number of rotatable bonds is 13. The molecule has 3 aromatic rings. The first kappa shape index (κ1) is 30.1. The van der Waals surface area contributed by atoms with Crippen molar-refractivity contribution in [3.05, 3.63) is 105 Å². The van der Waals surface area contributed by atoms with Gasteiger partial charge in [0.2, 0.25) is 0 Å². The van der Waals surface area contributed by atoms with Gasteiger partial charge in [-0.05, 0) is 75.5 Å². The van der Waals surface area contributed by atoms with Gasteiger partial charge in [-0.3, -0.25) is 20.1 Å². The molecule has 1 aromatic carbocycles. The first-order valence-electron chi connectivity index (χ1n) is 14.7. The second kappa shape index (κ2) is 14.7. The van der Waals surface area contributed by atoms with Crippen LogP contribution in [0.1, 0.15) is 54.3 Å². The minimum absolute atomic E-state index is 0.0480. The van der Waals surface area contributed by atoms with E-state index in [9.17, 15) is 14.9 Å². The van der Waals surface area contributed by atoms with E-state index in [0.717, 1.165) is 25.3 Å². The monoisotopic (exact) mass is 587 g/mol. The molecule has 11 heteroatoms. The van der Waals surface area contributed by atoms with Gasteiger partial charge in [0.15, 0.2) is 11.6 Å². The number of amidine groups is 1. The number of nitro benzene ring substituents is 1. The highest BCUT2D eigenvalue weighted by molar-refractivity contribution is 6.02. The lowest BCUT2D eigenvalue weighted by Gasteiger charge is -2.28. The number of furan rings is 1. The quantitative estimate of drug-likeness (QED) is 0.128. The van der Waals surface area contributed by atoms with Gasteiger partial charge < -0.3 is 24.1 Å². The number of esters is 1. The molecule has 0 bridgehead atoms. The number of ether oxygens (including phenoxy) is 2.